The summed E-state index contributed by atoms with van der Waals surface area (Å²) in [6.45, 7) is 0. The Balaban J connectivity index is 1.93. The smallest absolute Gasteiger partial charge is 0.188 e. The zero-order valence-electron chi connectivity index (χ0n) is 10.3. The summed E-state index contributed by atoms with van der Waals surface area (Å²) in [7, 11) is 1.65. The number of benzene rings is 1. The quantitative estimate of drug-likeness (QED) is 0.766. The van der Waals surface area contributed by atoms with Gasteiger partial charge < -0.3 is 15.8 Å². The zero-order valence-corrected chi connectivity index (χ0v) is 11.1. The number of anilines is 3. The Labute approximate surface area is 114 Å². The third-order valence-electron chi connectivity index (χ3n) is 2.63. The highest BCUT2D eigenvalue weighted by molar-refractivity contribution is 7.22. The number of pyridine rings is 1. The fraction of sp³-hybridized carbons (Fsp3) is 0.0769. The third-order valence-corrected chi connectivity index (χ3v) is 3.56. The Bertz CT molecular complexity index is 725. The lowest BCUT2D eigenvalue weighted by molar-refractivity contribution is 0.415. The van der Waals surface area contributed by atoms with Gasteiger partial charge in [-0.15, -0.1) is 0 Å². The molecule has 0 saturated carbocycles. The van der Waals surface area contributed by atoms with Crippen LogP contribution in [0.5, 0.6) is 5.75 Å². The second kappa shape index (κ2) is 4.74. The number of aromatic nitrogens is 2. The summed E-state index contributed by atoms with van der Waals surface area (Å²) in [6.07, 6.45) is 1.66. The molecule has 0 saturated heterocycles. The molecule has 0 radical (unpaired) electrons. The van der Waals surface area contributed by atoms with Crippen LogP contribution in [-0.4, -0.2) is 17.1 Å². The molecule has 5 nitrogen and oxygen atoms in total. The summed E-state index contributed by atoms with van der Waals surface area (Å²) in [5.74, 6) is 1.31. The van der Waals surface area contributed by atoms with Crippen molar-refractivity contribution in [1.82, 2.24) is 9.97 Å². The number of nitrogen functional groups attached to an aromatic ring is 1. The molecule has 0 unspecified atom stereocenters. The van der Waals surface area contributed by atoms with Crippen molar-refractivity contribution in [3.8, 4) is 5.75 Å². The van der Waals surface area contributed by atoms with Gasteiger partial charge in [-0.05, 0) is 24.3 Å². The number of nitrogens with one attached hydrogen (secondary N) is 1. The van der Waals surface area contributed by atoms with E-state index in [9.17, 15) is 0 Å². The molecule has 0 spiro atoms. The molecule has 0 bridgehead atoms. The summed E-state index contributed by atoms with van der Waals surface area (Å²) < 4.78 is 6.27. The first-order chi connectivity index (χ1) is 9.24. The average Bonchev–Trinajstić information content (AvgIpc) is 2.79. The van der Waals surface area contributed by atoms with Crippen molar-refractivity contribution in [2.75, 3.05) is 18.2 Å². The molecule has 0 aliphatic heterocycles. The van der Waals surface area contributed by atoms with Crippen LogP contribution in [0.2, 0.25) is 0 Å². The van der Waals surface area contributed by atoms with Gasteiger partial charge in [0.1, 0.15) is 11.6 Å². The monoisotopic (exact) mass is 272 g/mol. The van der Waals surface area contributed by atoms with Crippen molar-refractivity contribution in [2.45, 2.75) is 0 Å². The number of nitrogens with zero attached hydrogens (tertiary/aromatic N) is 2. The fourth-order valence-corrected chi connectivity index (χ4v) is 2.65. The molecule has 2 aromatic heterocycles. The summed E-state index contributed by atoms with van der Waals surface area (Å²) >= 11 is 1.56. The largest absolute Gasteiger partial charge is 0.497 e. The number of methoxy groups -OCH3 is 1. The SMILES string of the molecule is COc1ccc2nc(Nc3ccnc(N)c3)sc2c1. The van der Waals surface area contributed by atoms with Crippen LogP contribution in [0, 0.1) is 0 Å². The van der Waals surface area contributed by atoms with E-state index >= 15 is 0 Å². The summed E-state index contributed by atoms with van der Waals surface area (Å²) in [5.41, 5.74) is 7.45. The van der Waals surface area contributed by atoms with E-state index in [-0.39, 0.29) is 0 Å². The molecular weight excluding hydrogens is 260 g/mol. The van der Waals surface area contributed by atoms with Gasteiger partial charge in [0.15, 0.2) is 5.13 Å². The summed E-state index contributed by atoms with van der Waals surface area (Å²) in [4.78, 5) is 8.45. The lowest BCUT2D eigenvalue weighted by Crippen LogP contribution is -1.93. The lowest BCUT2D eigenvalue weighted by Gasteiger charge is -2.01. The standard InChI is InChI=1S/C13H12N4OS/c1-18-9-2-3-10-11(7-9)19-13(17-10)16-8-4-5-15-12(14)6-8/h2-7H,1H3,(H3,14,15,16,17). The number of thiazole rings is 1. The molecule has 3 rings (SSSR count). The maximum atomic E-state index is 5.64. The van der Waals surface area contributed by atoms with Crippen LogP contribution >= 0.6 is 11.3 Å². The van der Waals surface area contributed by atoms with E-state index in [4.69, 9.17) is 10.5 Å². The molecule has 0 amide bonds. The van der Waals surface area contributed by atoms with Crippen LogP contribution < -0.4 is 15.8 Å². The van der Waals surface area contributed by atoms with Gasteiger partial charge in [-0.2, -0.15) is 0 Å². The van der Waals surface area contributed by atoms with Crippen LogP contribution in [0.1, 0.15) is 0 Å². The van der Waals surface area contributed by atoms with Gasteiger partial charge in [0.05, 0.1) is 17.3 Å². The summed E-state index contributed by atoms with van der Waals surface area (Å²) in [6, 6.07) is 9.43. The van der Waals surface area contributed by atoms with Crippen molar-refractivity contribution in [1.29, 1.82) is 0 Å². The number of hydrogen-bond acceptors (Lipinski definition) is 6. The topological polar surface area (TPSA) is 73.1 Å². The van der Waals surface area contributed by atoms with Gasteiger partial charge in [-0.1, -0.05) is 11.3 Å². The van der Waals surface area contributed by atoms with E-state index in [0.717, 1.165) is 26.8 Å². The predicted octanol–water partition coefficient (Wildman–Crippen LogP) is 3.03. The Morgan fingerprint density at radius 3 is 2.95 bits per heavy atom. The normalized spacial score (nSPS) is 10.6. The maximum absolute atomic E-state index is 5.64. The highest BCUT2D eigenvalue weighted by atomic mass is 32.1. The molecule has 6 heteroatoms. The molecule has 0 aliphatic carbocycles. The minimum atomic E-state index is 0.479. The second-order valence-electron chi connectivity index (χ2n) is 3.95. The number of rotatable bonds is 3. The second-order valence-corrected chi connectivity index (χ2v) is 4.98. The van der Waals surface area contributed by atoms with E-state index in [0.29, 0.717) is 5.82 Å². The first kappa shape index (κ1) is 11.7. The molecule has 0 atom stereocenters. The van der Waals surface area contributed by atoms with Gasteiger partial charge in [0, 0.05) is 18.0 Å². The van der Waals surface area contributed by atoms with Crippen LogP contribution in [0.4, 0.5) is 16.6 Å². The first-order valence-corrected chi connectivity index (χ1v) is 6.49. The van der Waals surface area contributed by atoms with Crippen molar-refractivity contribution in [3.63, 3.8) is 0 Å². The highest BCUT2D eigenvalue weighted by Gasteiger charge is 2.05. The van der Waals surface area contributed by atoms with Gasteiger partial charge in [-0.3, -0.25) is 0 Å². The number of fused-ring (bicyclic) bond motifs is 1. The van der Waals surface area contributed by atoms with Gasteiger partial charge in [-0.25, -0.2) is 9.97 Å². The Kier molecular flexibility index (Phi) is 2.92. The molecule has 19 heavy (non-hydrogen) atoms. The number of ether oxygens (including phenoxy) is 1. The van der Waals surface area contributed by atoms with Crippen LogP contribution in [0.3, 0.4) is 0 Å². The van der Waals surface area contributed by atoms with Crippen LogP contribution in [0.25, 0.3) is 10.2 Å². The highest BCUT2D eigenvalue weighted by Crippen LogP contribution is 2.30. The van der Waals surface area contributed by atoms with Crippen molar-refractivity contribution < 1.29 is 4.74 Å². The Hall–Kier alpha value is -2.34. The third kappa shape index (κ3) is 2.43. The Morgan fingerprint density at radius 1 is 1.26 bits per heavy atom. The summed E-state index contributed by atoms with van der Waals surface area (Å²) in [5, 5.41) is 4.03. The molecule has 2 heterocycles. The van der Waals surface area contributed by atoms with E-state index in [2.05, 4.69) is 15.3 Å². The number of nitrogens with two attached hydrogens (primary N) is 1. The molecule has 3 aromatic rings. The van der Waals surface area contributed by atoms with Gasteiger partial charge >= 0.3 is 0 Å². The molecule has 3 N–H and O–H groups in total. The van der Waals surface area contributed by atoms with Gasteiger partial charge in [0.2, 0.25) is 0 Å². The zero-order chi connectivity index (χ0) is 13.2. The van der Waals surface area contributed by atoms with E-state index in [1.807, 2.05) is 24.3 Å². The predicted molar refractivity (Wildman–Crippen MR) is 78.1 cm³/mol. The lowest BCUT2D eigenvalue weighted by atomic mass is 10.3. The van der Waals surface area contributed by atoms with Crippen LogP contribution in [0.15, 0.2) is 36.5 Å². The van der Waals surface area contributed by atoms with Gasteiger partial charge in [0.25, 0.3) is 0 Å². The molecular formula is C13H12N4OS. The molecule has 0 aliphatic rings. The minimum Gasteiger partial charge on any atom is -0.497 e. The molecule has 96 valence electrons. The van der Waals surface area contributed by atoms with E-state index in [1.54, 1.807) is 30.7 Å². The minimum absolute atomic E-state index is 0.479. The molecule has 0 fully saturated rings. The average molecular weight is 272 g/mol. The fourth-order valence-electron chi connectivity index (χ4n) is 1.73. The van der Waals surface area contributed by atoms with E-state index in [1.165, 1.54) is 0 Å². The van der Waals surface area contributed by atoms with Crippen molar-refractivity contribution >= 4 is 38.2 Å². The first-order valence-electron chi connectivity index (χ1n) is 5.68. The van der Waals surface area contributed by atoms with E-state index < -0.39 is 0 Å². The number of hydrogen-bond donors (Lipinski definition) is 2. The van der Waals surface area contributed by atoms with Crippen LogP contribution in [-0.2, 0) is 0 Å². The maximum Gasteiger partial charge on any atom is 0.188 e. The van der Waals surface area contributed by atoms with Crippen molar-refractivity contribution in [3.05, 3.63) is 36.5 Å². The molecule has 1 aromatic carbocycles. The Morgan fingerprint density at radius 2 is 2.16 bits per heavy atom. The van der Waals surface area contributed by atoms with Crippen molar-refractivity contribution in [2.24, 2.45) is 0 Å².